The van der Waals surface area contributed by atoms with Crippen molar-refractivity contribution in [2.24, 2.45) is 59.2 Å². The van der Waals surface area contributed by atoms with Crippen LogP contribution in [0.2, 0.25) is 0 Å². The summed E-state index contributed by atoms with van der Waals surface area (Å²) in [5.74, 6) is 1.78. The van der Waals surface area contributed by atoms with Gasteiger partial charge in [0.1, 0.15) is 0 Å². The minimum Gasteiger partial charge on any atom is -0.481 e. The monoisotopic (exact) mass is 685 g/mol. The number of hydroxylamine groups is 1. The van der Waals surface area contributed by atoms with Crippen molar-refractivity contribution in [3.05, 3.63) is 0 Å². The van der Waals surface area contributed by atoms with Gasteiger partial charge < -0.3 is 20.4 Å². The van der Waals surface area contributed by atoms with Crippen LogP contribution in [0.5, 0.6) is 0 Å². The fraction of sp³-hybridized carbons (Fsp3) is 0.927. The average molecular weight is 685 g/mol. The Balaban J connectivity index is 0.848. The first kappa shape index (κ1) is 37.1. The van der Waals surface area contributed by atoms with Crippen LogP contribution < -0.4 is 10.8 Å². The van der Waals surface area contributed by atoms with Crippen molar-refractivity contribution in [3.8, 4) is 0 Å². The predicted molar refractivity (Wildman–Crippen MR) is 190 cm³/mol. The van der Waals surface area contributed by atoms with Crippen molar-refractivity contribution >= 4 is 17.8 Å². The van der Waals surface area contributed by atoms with Gasteiger partial charge in [0.2, 0.25) is 5.91 Å². The molecule has 6 atom stereocenters. The summed E-state index contributed by atoms with van der Waals surface area (Å²) >= 11 is 0. The van der Waals surface area contributed by atoms with E-state index in [1.165, 1.54) is 96.3 Å². The molecule has 4 N–H and O–H groups in total. The number of hydrogen-bond donors (Lipinski definition) is 4. The van der Waals surface area contributed by atoms with Crippen LogP contribution in [0.15, 0.2) is 0 Å². The average Bonchev–Trinajstić information content (AvgIpc) is 3.13. The third kappa shape index (κ3) is 10.2. The van der Waals surface area contributed by atoms with Gasteiger partial charge in [-0.2, -0.15) is 5.48 Å². The Bertz CT molecular complexity index is 1060. The van der Waals surface area contributed by atoms with E-state index in [0.717, 1.165) is 75.5 Å². The van der Waals surface area contributed by atoms with Gasteiger partial charge in [0.15, 0.2) is 0 Å². The summed E-state index contributed by atoms with van der Waals surface area (Å²) in [6.07, 6.45) is 28.6. The maximum absolute atomic E-state index is 13.4. The molecule has 49 heavy (non-hydrogen) atoms. The van der Waals surface area contributed by atoms with E-state index in [-0.39, 0.29) is 29.8 Å². The molecule has 8 nitrogen and oxygen atoms in total. The Kier molecular flexibility index (Phi) is 13.8. The molecule has 0 radical (unpaired) electrons. The minimum atomic E-state index is -0.777. The van der Waals surface area contributed by atoms with Crippen molar-refractivity contribution in [1.82, 2.24) is 10.8 Å². The number of carboxylic acids is 2. The number of amides is 1. The molecule has 6 aliphatic carbocycles. The molecule has 0 saturated heterocycles. The molecule has 8 heteroatoms. The predicted octanol–water partition coefficient (Wildman–Crippen LogP) is 8.53. The van der Waals surface area contributed by atoms with Crippen LogP contribution in [0.25, 0.3) is 0 Å². The highest BCUT2D eigenvalue weighted by atomic mass is 16.6. The first-order valence-electron chi connectivity index (χ1n) is 21.0. The molecule has 6 rings (SSSR count). The number of aliphatic carboxylic acids is 2. The van der Waals surface area contributed by atoms with Crippen molar-refractivity contribution in [3.63, 3.8) is 0 Å². The lowest BCUT2D eigenvalue weighted by atomic mass is 9.66. The van der Waals surface area contributed by atoms with E-state index in [1.807, 2.05) is 0 Å². The second-order valence-corrected chi connectivity index (χ2v) is 17.8. The highest BCUT2D eigenvalue weighted by molar-refractivity contribution is 5.85. The molecule has 6 fully saturated rings. The van der Waals surface area contributed by atoms with Crippen molar-refractivity contribution in [2.75, 3.05) is 6.61 Å². The summed E-state index contributed by atoms with van der Waals surface area (Å²) in [4.78, 5) is 43.8. The summed E-state index contributed by atoms with van der Waals surface area (Å²) in [5, 5.41) is 23.3. The van der Waals surface area contributed by atoms with Gasteiger partial charge in [-0.25, -0.2) is 0 Å². The lowest BCUT2D eigenvalue weighted by molar-refractivity contribution is -0.150. The van der Waals surface area contributed by atoms with Crippen LogP contribution in [0.3, 0.4) is 0 Å². The third-order valence-electron chi connectivity index (χ3n) is 14.8. The van der Waals surface area contributed by atoms with E-state index in [1.54, 1.807) is 0 Å². The van der Waals surface area contributed by atoms with Crippen molar-refractivity contribution in [2.45, 2.75) is 173 Å². The van der Waals surface area contributed by atoms with Gasteiger partial charge in [-0.15, -0.1) is 0 Å². The highest BCUT2D eigenvalue weighted by Gasteiger charge is 2.42. The fourth-order valence-corrected chi connectivity index (χ4v) is 11.7. The fourth-order valence-electron chi connectivity index (χ4n) is 11.7. The standard InChI is InChI=1S/C41H68N2O6/c44-39(35-21-17-32(24-36(35)40(45)46)30-7-3-1-4-8-30)42-34-19-15-28(16-20-34)23-27-11-13-29(14-12-27)26-49-43-38-22-18-33(25-37(38)41(47)48)31-9-5-2-6-10-31/h27-38,43H,1-26H2,(H,42,44)(H,45,46)(H,47,48). The van der Waals surface area contributed by atoms with Crippen LogP contribution in [0, 0.1) is 59.2 Å². The van der Waals surface area contributed by atoms with E-state index in [0.29, 0.717) is 36.7 Å². The molecular formula is C41H68N2O6. The third-order valence-corrected chi connectivity index (χ3v) is 14.8. The molecule has 1 amide bonds. The number of hydrogen-bond acceptors (Lipinski definition) is 5. The normalized spacial score (nSPS) is 38.4. The Morgan fingerprint density at radius 3 is 1.59 bits per heavy atom. The molecule has 278 valence electrons. The Labute approximate surface area is 296 Å². The van der Waals surface area contributed by atoms with Gasteiger partial charge in [-0.1, -0.05) is 77.0 Å². The number of rotatable bonds is 12. The Morgan fingerprint density at radius 2 is 1.02 bits per heavy atom. The number of carbonyl (C=O) groups excluding carboxylic acids is 1. The lowest BCUT2D eigenvalue weighted by Gasteiger charge is -2.39. The Morgan fingerprint density at radius 1 is 0.510 bits per heavy atom. The zero-order valence-electron chi connectivity index (χ0n) is 30.3. The van der Waals surface area contributed by atoms with Crippen LogP contribution >= 0.6 is 0 Å². The number of nitrogens with one attached hydrogen (secondary N) is 2. The van der Waals surface area contributed by atoms with Crippen molar-refractivity contribution in [1.29, 1.82) is 0 Å². The van der Waals surface area contributed by atoms with Gasteiger partial charge in [0.05, 0.1) is 24.4 Å². The first-order chi connectivity index (χ1) is 23.8. The molecule has 0 bridgehead atoms. The maximum atomic E-state index is 13.4. The largest absolute Gasteiger partial charge is 0.481 e. The summed E-state index contributed by atoms with van der Waals surface area (Å²) in [7, 11) is 0. The van der Waals surface area contributed by atoms with Crippen LogP contribution in [0.1, 0.15) is 161 Å². The lowest BCUT2D eigenvalue weighted by Crippen LogP contribution is -2.46. The summed E-state index contributed by atoms with van der Waals surface area (Å²) < 4.78 is 0. The molecular weight excluding hydrogens is 616 g/mol. The van der Waals surface area contributed by atoms with Crippen LogP contribution in [-0.2, 0) is 19.2 Å². The smallest absolute Gasteiger partial charge is 0.308 e. The van der Waals surface area contributed by atoms with E-state index in [2.05, 4.69) is 10.8 Å². The SMILES string of the molecule is O=C(O)C1CC(C2CCCCC2)CCC1NOCC1CCC(CC2CCC(NC(=O)C3CCC(C4CCCCC4)CC3C(=O)O)CC2)CC1. The zero-order chi connectivity index (χ0) is 34.2. The molecule has 6 unspecified atom stereocenters. The maximum Gasteiger partial charge on any atom is 0.308 e. The van der Waals surface area contributed by atoms with Gasteiger partial charge >= 0.3 is 11.9 Å². The van der Waals surface area contributed by atoms with Gasteiger partial charge in [-0.05, 0) is 125 Å². The second-order valence-electron chi connectivity index (χ2n) is 17.8. The molecule has 0 spiro atoms. The van der Waals surface area contributed by atoms with Gasteiger partial charge in [0.25, 0.3) is 0 Å². The quantitative estimate of drug-likeness (QED) is 0.152. The molecule has 6 saturated carbocycles. The van der Waals surface area contributed by atoms with E-state index < -0.39 is 17.9 Å². The molecule has 6 aliphatic rings. The van der Waals surface area contributed by atoms with Crippen LogP contribution in [0.4, 0.5) is 0 Å². The van der Waals surface area contributed by atoms with Gasteiger partial charge in [-0.3, -0.25) is 14.4 Å². The topological polar surface area (TPSA) is 125 Å². The van der Waals surface area contributed by atoms with E-state index in [9.17, 15) is 24.6 Å². The minimum absolute atomic E-state index is 0.00131. The van der Waals surface area contributed by atoms with Gasteiger partial charge in [0, 0.05) is 12.1 Å². The molecule has 0 heterocycles. The number of carboxylic acid groups (broad SMARTS) is 2. The summed E-state index contributed by atoms with van der Waals surface area (Å²) in [6, 6.07) is 0.117. The highest BCUT2D eigenvalue weighted by Crippen LogP contribution is 2.44. The Hall–Kier alpha value is -1.67. The molecule has 0 aromatic heterocycles. The van der Waals surface area contributed by atoms with Crippen LogP contribution in [-0.4, -0.2) is 46.7 Å². The second kappa shape index (κ2) is 18.2. The number of carbonyl (C=O) groups is 3. The van der Waals surface area contributed by atoms with E-state index in [4.69, 9.17) is 4.84 Å². The summed E-state index contributed by atoms with van der Waals surface area (Å²) in [5.41, 5.74) is 3.22. The van der Waals surface area contributed by atoms with E-state index >= 15 is 0 Å². The summed E-state index contributed by atoms with van der Waals surface area (Å²) in [6.45, 7) is 0.678. The molecule has 0 aromatic rings. The molecule has 0 aliphatic heterocycles. The molecule has 0 aromatic carbocycles. The zero-order valence-corrected chi connectivity index (χ0v) is 30.3. The first-order valence-corrected chi connectivity index (χ1v) is 21.0. The van der Waals surface area contributed by atoms with Crippen molar-refractivity contribution < 1.29 is 29.4 Å².